The summed E-state index contributed by atoms with van der Waals surface area (Å²) in [7, 11) is 1.67. The molecular formula is C17H13ClF3N3. The van der Waals surface area contributed by atoms with E-state index in [1.807, 2.05) is 0 Å². The number of nitrogens with zero attached hydrogens (tertiary/aromatic N) is 3. The molecule has 2 aromatic heterocycles. The van der Waals surface area contributed by atoms with Crippen LogP contribution in [0.2, 0.25) is 0 Å². The topological polar surface area (TPSA) is 30.7 Å². The Morgan fingerprint density at radius 2 is 1.88 bits per heavy atom. The molecular weight excluding hydrogens is 339 g/mol. The molecule has 0 atom stereocenters. The summed E-state index contributed by atoms with van der Waals surface area (Å²) in [6.45, 7) is 0. The number of hydrogen-bond donors (Lipinski definition) is 0. The zero-order chi connectivity index (χ0) is 17.1. The Kier molecular flexibility index (Phi) is 3.35. The highest BCUT2D eigenvalue weighted by molar-refractivity contribution is 6.22. The zero-order valence-corrected chi connectivity index (χ0v) is 13.5. The van der Waals surface area contributed by atoms with E-state index in [-0.39, 0.29) is 11.5 Å². The molecule has 0 spiro atoms. The van der Waals surface area contributed by atoms with Crippen LogP contribution in [0.4, 0.5) is 13.2 Å². The van der Waals surface area contributed by atoms with Crippen molar-refractivity contribution in [3.05, 3.63) is 47.4 Å². The monoisotopic (exact) mass is 351 g/mol. The number of halogens is 4. The van der Waals surface area contributed by atoms with Crippen LogP contribution < -0.4 is 0 Å². The van der Waals surface area contributed by atoms with Gasteiger partial charge in [-0.1, -0.05) is 0 Å². The first-order valence-electron chi connectivity index (χ1n) is 7.55. The van der Waals surface area contributed by atoms with E-state index in [9.17, 15) is 13.2 Å². The van der Waals surface area contributed by atoms with Crippen LogP contribution >= 0.6 is 11.6 Å². The summed E-state index contributed by atoms with van der Waals surface area (Å²) in [6, 6.07) is 6.79. The van der Waals surface area contributed by atoms with E-state index in [4.69, 9.17) is 11.6 Å². The van der Waals surface area contributed by atoms with Crippen LogP contribution in [-0.4, -0.2) is 14.8 Å². The van der Waals surface area contributed by atoms with Crippen molar-refractivity contribution in [3.63, 3.8) is 0 Å². The van der Waals surface area contributed by atoms with E-state index in [0.29, 0.717) is 28.0 Å². The Morgan fingerprint density at radius 1 is 1.21 bits per heavy atom. The number of hydrogen-bond acceptors (Lipinski definition) is 2. The second-order valence-corrected chi connectivity index (χ2v) is 6.52. The van der Waals surface area contributed by atoms with Crippen LogP contribution in [0.15, 0.2) is 30.3 Å². The van der Waals surface area contributed by atoms with Crippen LogP contribution in [-0.2, 0) is 12.4 Å². The molecule has 3 nitrogen and oxygen atoms in total. The van der Waals surface area contributed by atoms with Crippen LogP contribution in [0.25, 0.3) is 22.3 Å². The van der Waals surface area contributed by atoms with E-state index in [0.717, 1.165) is 12.8 Å². The van der Waals surface area contributed by atoms with Crippen molar-refractivity contribution in [2.24, 2.45) is 7.05 Å². The SMILES string of the molecule is Cn1nc(C2CC2)c2c(C(F)(F)Cl)cc(-c3ccc(F)cc3)nc21. The molecule has 1 aromatic carbocycles. The van der Waals surface area contributed by atoms with Gasteiger partial charge in [-0.2, -0.15) is 13.9 Å². The van der Waals surface area contributed by atoms with E-state index in [2.05, 4.69) is 10.1 Å². The summed E-state index contributed by atoms with van der Waals surface area (Å²) in [5.41, 5.74) is 1.52. The van der Waals surface area contributed by atoms with Gasteiger partial charge in [0.25, 0.3) is 0 Å². The maximum Gasteiger partial charge on any atom is 0.349 e. The summed E-state index contributed by atoms with van der Waals surface area (Å²) in [6.07, 6.45) is 1.86. The predicted molar refractivity (Wildman–Crippen MR) is 85.6 cm³/mol. The van der Waals surface area contributed by atoms with Gasteiger partial charge in [0.1, 0.15) is 5.82 Å². The lowest BCUT2D eigenvalue weighted by molar-refractivity contribution is 0.0968. The van der Waals surface area contributed by atoms with Gasteiger partial charge in [-0.25, -0.2) is 9.37 Å². The largest absolute Gasteiger partial charge is 0.349 e. The molecule has 0 bridgehead atoms. The van der Waals surface area contributed by atoms with Gasteiger partial charge in [0.15, 0.2) is 5.65 Å². The van der Waals surface area contributed by atoms with Gasteiger partial charge in [-0.05, 0) is 54.8 Å². The van der Waals surface area contributed by atoms with Crippen LogP contribution in [0.3, 0.4) is 0 Å². The van der Waals surface area contributed by atoms with E-state index >= 15 is 0 Å². The molecule has 1 aliphatic carbocycles. The molecule has 0 amide bonds. The van der Waals surface area contributed by atoms with Gasteiger partial charge in [-0.15, -0.1) is 0 Å². The van der Waals surface area contributed by atoms with Gasteiger partial charge in [-0.3, -0.25) is 4.68 Å². The first-order valence-corrected chi connectivity index (χ1v) is 7.93. The van der Waals surface area contributed by atoms with Gasteiger partial charge >= 0.3 is 5.38 Å². The maximum absolute atomic E-state index is 14.1. The van der Waals surface area contributed by atoms with Crippen LogP contribution in [0.1, 0.15) is 30.0 Å². The lowest BCUT2D eigenvalue weighted by Crippen LogP contribution is -2.06. The molecule has 3 aromatic rings. The van der Waals surface area contributed by atoms with Crippen molar-refractivity contribution in [1.82, 2.24) is 14.8 Å². The van der Waals surface area contributed by atoms with E-state index < -0.39 is 11.2 Å². The maximum atomic E-state index is 14.1. The molecule has 1 saturated carbocycles. The molecule has 1 aliphatic rings. The van der Waals surface area contributed by atoms with Crippen molar-refractivity contribution in [2.75, 3.05) is 0 Å². The minimum absolute atomic E-state index is 0.185. The summed E-state index contributed by atoms with van der Waals surface area (Å²) in [5.74, 6) is -0.218. The number of aromatic nitrogens is 3. The number of aryl methyl sites for hydroxylation is 1. The van der Waals surface area contributed by atoms with E-state index in [1.165, 1.54) is 35.0 Å². The summed E-state index contributed by atoms with van der Waals surface area (Å²) in [4.78, 5) is 4.47. The van der Waals surface area contributed by atoms with Crippen LogP contribution in [0, 0.1) is 5.82 Å². The van der Waals surface area contributed by atoms with Crippen molar-refractivity contribution in [3.8, 4) is 11.3 Å². The van der Waals surface area contributed by atoms with Gasteiger partial charge < -0.3 is 0 Å². The Morgan fingerprint density at radius 3 is 2.46 bits per heavy atom. The number of rotatable bonds is 3. The summed E-state index contributed by atoms with van der Waals surface area (Å²) >= 11 is 5.37. The van der Waals surface area contributed by atoms with Gasteiger partial charge in [0, 0.05) is 18.5 Å². The first-order chi connectivity index (χ1) is 11.3. The second kappa shape index (κ2) is 5.21. The standard InChI is InChI=1S/C17H13ClF3N3/c1-24-16-14(15(23-24)10-2-3-10)12(17(18,20)21)8-13(22-16)9-4-6-11(19)7-5-9/h4-8,10H,2-3H2,1H3. The molecule has 0 aliphatic heterocycles. The number of fused-ring (bicyclic) bond motifs is 1. The molecule has 24 heavy (non-hydrogen) atoms. The Balaban J connectivity index is 2.01. The Labute approximate surface area is 141 Å². The van der Waals surface area contributed by atoms with Crippen molar-refractivity contribution >= 4 is 22.6 Å². The Bertz CT molecular complexity index is 925. The smallest absolute Gasteiger partial charge is 0.250 e. The molecule has 0 radical (unpaired) electrons. The fraction of sp³-hybridized carbons (Fsp3) is 0.294. The number of alkyl halides is 3. The van der Waals surface area contributed by atoms with Crippen molar-refractivity contribution < 1.29 is 13.2 Å². The fourth-order valence-electron chi connectivity index (χ4n) is 2.91. The molecule has 4 rings (SSSR count). The third-order valence-corrected chi connectivity index (χ3v) is 4.43. The van der Waals surface area contributed by atoms with Crippen molar-refractivity contribution in [2.45, 2.75) is 24.1 Å². The highest BCUT2D eigenvalue weighted by Crippen LogP contribution is 2.46. The lowest BCUT2D eigenvalue weighted by atomic mass is 10.0. The molecule has 0 N–H and O–H groups in total. The van der Waals surface area contributed by atoms with E-state index in [1.54, 1.807) is 7.05 Å². The highest BCUT2D eigenvalue weighted by atomic mass is 35.5. The number of pyridine rings is 1. The summed E-state index contributed by atoms with van der Waals surface area (Å²) in [5, 5.41) is 1.16. The van der Waals surface area contributed by atoms with Gasteiger partial charge in [0.05, 0.1) is 22.3 Å². The Hall–Kier alpha value is -2.08. The third kappa shape index (κ3) is 2.55. The molecule has 1 fully saturated rings. The van der Waals surface area contributed by atoms with Crippen LogP contribution in [0.5, 0.6) is 0 Å². The summed E-state index contributed by atoms with van der Waals surface area (Å²) < 4.78 is 42.7. The minimum atomic E-state index is -3.54. The molecule has 0 unspecified atom stereocenters. The average molecular weight is 352 g/mol. The second-order valence-electron chi connectivity index (χ2n) is 6.04. The minimum Gasteiger partial charge on any atom is -0.250 e. The van der Waals surface area contributed by atoms with Gasteiger partial charge in [0.2, 0.25) is 0 Å². The zero-order valence-electron chi connectivity index (χ0n) is 12.7. The number of benzene rings is 1. The predicted octanol–water partition coefficient (Wildman–Crippen LogP) is 4.94. The van der Waals surface area contributed by atoms with Crippen molar-refractivity contribution in [1.29, 1.82) is 0 Å². The average Bonchev–Trinajstić information content (AvgIpc) is 3.31. The lowest BCUT2D eigenvalue weighted by Gasteiger charge is -2.13. The first kappa shape index (κ1) is 15.4. The normalized spacial score (nSPS) is 15.2. The molecule has 2 heterocycles. The molecule has 124 valence electrons. The molecule has 7 heteroatoms. The quantitative estimate of drug-likeness (QED) is 0.626. The third-order valence-electron chi connectivity index (χ3n) is 4.23. The molecule has 0 saturated heterocycles. The highest BCUT2D eigenvalue weighted by Gasteiger charge is 2.37. The fourth-order valence-corrected chi connectivity index (χ4v) is 3.06.